The van der Waals surface area contributed by atoms with E-state index in [2.05, 4.69) is 20.1 Å². The predicted molar refractivity (Wildman–Crippen MR) is 112 cm³/mol. The second-order valence-corrected chi connectivity index (χ2v) is 6.92. The van der Waals surface area contributed by atoms with Crippen LogP contribution in [0.1, 0.15) is 23.1 Å². The van der Waals surface area contributed by atoms with Crippen LogP contribution < -0.4 is 0 Å². The molecule has 4 rings (SSSR count). The Kier molecular flexibility index (Phi) is 6.25. The Labute approximate surface area is 182 Å². The summed E-state index contributed by atoms with van der Waals surface area (Å²) in [5.74, 6) is -0.218. The number of rotatable bonds is 7. The van der Waals surface area contributed by atoms with Crippen molar-refractivity contribution in [2.45, 2.75) is 13.3 Å². The third-order valence-electron chi connectivity index (χ3n) is 4.85. The summed E-state index contributed by atoms with van der Waals surface area (Å²) < 4.78 is 32.3. The van der Waals surface area contributed by atoms with Crippen LogP contribution in [0.4, 0.5) is 8.78 Å². The van der Waals surface area contributed by atoms with E-state index in [0.717, 1.165) is 0 Å². The Morgan fingerprint density at radius 1 is 1.03 bits per heavy atom. The molecule has 7 nitrogen and oxygen atoms in total. The van der Waals surface area contributed by atoms with Crippen molar-refractivity contribution >= 4 is 5.91 Å². The molecule has 0 N–H and O–H groups in total. The maximum Gasteiger partial charge on any atom is 0.257 e. The van der Waals surface area contributed by atoms with Gasteiger partial charge in [-0.25, -0.2) is 18.7 Å². The van der Waals surface area contributed by atoms with Crippen LogP contribution in [0, 0.1) is 11.6 Å². The van der Waals surface area contributed by atoms with Crippen LogP contribution in [0.25, 0.3) is 22.8 Å². The van der Waals surface area contributed by atoms with Gasteiger partial charge in [0.05, 0.1) is 5.56 Å². The molecule has 0 unspecified atom stereocenters. The minimum absolute atomic E-state index is 0.179. The van der Waals surface area contributed by atoms with Gasteiger partial charge in [0.25, 0.3) is 11.8 Å². The normalized spacial score (nSPS) is 10.8. The van der Waals surface area contributed by atoms with Gasteiger partial charge in [-0.05, 0) is 55.5 Å². The summed E-state index contributed by atoms with van der Waals surface area (Å²) in [6, 6.07) is 11.3. The van der Waals surface area contributed by atoms with Gasteiger partial charge < -0.3 is 9.42 Å². The standard InChI is InChI=1S/C23H19F2N5O2/c1-2-30(13-10-20-28-22(32-29-20)15-4-6-16(24)7-5-15)23(31)19-14-17(25)8-9-18(19)21-26-11-3-12-27-21/h3-9,11-12,14H,2,10,13H2,1H3. The molecule has 2 aromatic carbocycles. The molecule has 0 fully saturated rings. The zero-order valence-corrected chi connectivity index (χ0v) is 17.2. The van der Waals surface area contributed by atoms with Crippen molar-refractivity contribution < 1.29 is 18.1 Å². The molecule has 0 spiro atoms. The van der Waals surface area contributed by atoms with Gasteiger partial charge in [0.2, 0.25) is 0 Å². The fourth-order valence-electron chi connectivity index (χ4n) is 3.20. The number of benzene rings is 2. The van der Waals surface area contributed by atoms with E-state index in [-0.39, 0.29) is 23.2 Å². The second kappa shape index (κ2) is 9.42. The summed E-state index contributed by atoms with van der Waals surface area (Å²) in [7, 11) is 0. The fraction of sp³-hybridized carbons (Fsp3) is 0.174. The molecule has 0 bridgehead atoms. The molecule has 4 aromatic rings. The maximum atomic E-state index is 14.0. The first-order valence-corrected chi connectivity index (χ1v) is 10.00. The third kappa shape index (κ3) is 4.66. The van der Waals surface area contributed by atoms with Crippen LogP contribution in [-0.4, -0.2) is 44.0 Å². The van der Waals surface area contributed by atoms with Crippen LogP contribution >= 0.6 is 0 Å². The number of amides is 1. The van der Waals surface area contributed by atoms with Crippen molar-refractivity contribution in [3.8, 4) is 22.8 Å². The summed E-state index contributed by atoms with van der Waals surface area (Å²) in [5, 5.41) is 3.93. The Hall–Kier alpha value is -4.01. The number of hydrogen-bond acceptors (Lipinski definition) is 6. The Morgan fingerprint density at radius 2 is 1.75 bits per heavy atom. The minimum atomic E-state index is -0.522. The van der Waals surface area contributed by atoms with Gasteiger partial charge in [-0.3, -0.25) is 4.79 Å². The highest BCUT2D eigenvalue weighted by molar-refractivity contribution is 6.00. The van der Waals surface area contributed by atoms with E-state index in [4.69, 9.17) is 4.52 Å². The number of carbonyl (C=O) groups excluding carboxylic acids is 1. The van der Waals surface area contributed by atoms with Crippen molar-refractivity contribution in [3.63, 3.8) is 0 Å². The van der Waals surface area contributed by atoms with E-state index < -0.39 is 5.82 Å². The minimum Gasteiger partial charge on any atom is -0.338 e. The van der Waals surface area contributed by atoms with Crippen LogP contribution in [-0.2, 0) is 6.42 Å². The van der Waals surface area contributed by atoms with Gasteiger partial charge in [-0.1, -0.05) is 5.16 Å². The number of aromatic nitrogens is 4. The zero-order chi connectivity index (χ0) is 22.5. The molecule has 0 aliphatic carbocycles. The Bertz CT molecular complexity index is 1210. The van der Waals surface area contributed by atoms with E-state index in [0.29, 0.717) is 42.3 Å². The second-order valence-electron chi connectivity index (χ2n) is 6.92. The topological polar surface area (TPSA) is 85.0 Å². The number of nitrogens with zero attached hydrogens (tertiary/aromatic N) is 5. The quantitative estimate of drug-likeness (QED) is 0.433. The fourth-order valence-corrected chi connectivity index (χ4v) is 3.20. The largest absolute Gasteiger partial charge is 0.338 e. The summed E-state index contributed by atoms with van der Waals surface area (Å²) >= 11 is 0. The van der Waals surface area contributed by atoms with Crippen molar-refractivity contribution in [2.24, 2.45) is 0 Å². The van der Waals surface area contributed by atoms with Crippen LogP contribution in [0.5, 0.6) is 0 Å². The van der Waals surface area contributed by atoms with Crippen molar-refractivity contribution in [2.75, 3.05) is 13.1 Å². The SMILES string of the molecule is CCN(CCc1noc(-c2ccc(F)cc2)n1)C(=O)c1cc(F)ccc1-c1ncccn1. The number of likely N-dealkylation sites (N-methyl/N-ethyl adjacent to an activating group) is 1. The molecule has 0 aliphatic heterocycles. The zero-order valence-electron chi connectivity index (χ0n) is 17.2. The first-order chi connectivity index (χ1) is 15.5. The molecule has 1 amide bonds. The average molecular weight is 435 g/mol. The van der Waals surface area contributed by atoms with Crippen LogP contribution in [0.2, 0.25) is 0 Å². The van der Waals surface area contributed by atoms with Crippen molar-refractivity contribution in [1.82, 2.24) is 25.0 Å². The van der Waals surface area contributed by atoms with E-state index in [1.165, 1.54) is 30.3 Å². The van der Waals surface area contributed by atoms with Crippen LogP contribution in [0.3, 0.4) is 0 Å². The lowest BCUT2D eigenvalue weighted by Gasteiger charge is -2.21. The number of carbonyl (C=O) groups is 1. The highest BCUT2D eigenvalue weighted by Gasteiger charge is 2.21. The molecule has 0 atom stereocenters. The van der Waals surface area contributed by atoms with E-state index >= 15 is 0 Å². The molecule has 2 aromatic heterocycles. The molecule has 0 saturated carbocycles. The van der Waals surface area contributed by atoms with Crippen LogP contribution in [0.15, 0.2) is 65.4 Å². The van der Waals surface area contributed by atoms with Gasteiger partial charge in [0, 0.05) is 43.0 Å². The summed E-state index contributed by atoms with van der Waals surface area (Å²) in [4.78, 5) is 27.4. The molecular formula is C23H19F2N5O2. The smallest absolute Gasteiger partial charge is 0.257 e. The molecule has 0 aliphatic rings. The Balaban J connectivity index is 1.51. The van der Waals surface area contributed by atoms with Gasteiger partial charge in [0.1, 0.15) is 11.6 Å². The first-order valence-electron chi connectivity index (χ1n) is 10.00. The monoisotopic (exact) mass is 435 g/mol. The third-order valence-corrected chi connectivity index (χ3v) is 4.85. The van der Waals surface area contributed by atoms with E-state index in [9.17, 15) is 13.6 Å². The Morgan fingerprint density at radius 3 is 2.47 bits per heavy atom. The molecule has 32 heavy (non-hydrogen) atoms. The highest BCUT2D eigenvalue weighted by atomic mass is 19.1. The van der Waals surface area contributed by atoms with Gasteiger partial charge >= 0.3 is 0 Å². The molecule has 2 heterocycles. The van der Waals surface area contributed by atoms with Gasteiger partial charge in [-0.15, -0.1) is 0 Å². The van der Waals surface area contributed by atoms with E-state index in [1.54, 1.807) is 35.5 Å². The van der Waals surface area contributed by atoms with E-state index in [1.807, 2.05) is 6.92 Å². The predicted octanol–water partition coefficient (Wildman–Crippen LogP) is 4.18. The molecule has 0 saturated heterocycles. The number of halogens is 2. The lowest BCUT2D eigenvalue weighted by atomic mass is 10.0. The lowest BCUT2D eigenvalue weighted by molar-refractivity contribution is 0.0765. The highest BCUT2D eigenvalue weighted by Crippen LogP contribution is 2.23. The molecule has 162 valence electrons. The maximum absolute atomic E-state index is 14.0. The number of hydrogen-bond donors (Lipinski definition) is 0. The summed E-state index contributed by atoms with van der Waals surface area (Å²) in [6.45, 7) is 2.52. The molecule has 9 heteroatoms. The molecule has 0 radical (unpaired) electrons. The lowest BCUT2D eigenvalue weighted by Crippen LogP contribution is -2.33. The van der Waals surface area contributed by atoms with Gasteiger partial charge in [0.15, 0.2) is 11.6 Å². The molecular weight excluding hydrogens is 416 g/mol. The van der Waals surface area contributed by atoms with Gasteiger partial charge in [-0.2, -0.15) is 4.98 Å². The summed E-state index contributed by atoms with van der Waals surface area (Å²) in [6.07, 6.45) is 3.45. The average Bonchev–Trinajstić information content (AvgIpc) is 3.29. The van der Waals surface area contributed by atoms with Crippen molar-refractivity contribution in [1.29, 1.82) is 0 Å². The van der Waals surface area contributed by atoms with Crippen molar-refractivity contribution in [3.05, 3.63) is 83.9 Å². The first kappa shape index (κ1) is 21.2. The summed E-state index contributed by atoms with van der Waals surface area (Å²) in [5.41, 5.74) is 1.23.